The average molecular weight is 433 g/mol. The van der Waals surface area contributed by atoms with E-state index in [1.165, 1.54) is 4.31 Å². The van der Waals surface area contributed by atoms with Crippen molar-refractivity contribution in [1.82, 2.24) is 23.7 Å². The quantitative estimate of drug-likeness (QED) is 0.722. The van der Waals surface area contributed by atoms with Crippen LogP contribution in [-0.2, 0) is 17.1 Å². The Hall–Kier alpha value is -2.46. The highest BCUT2D eigenvalue weighted by molar-refractivity contribution is 7.89. The zero-order valence-electron chi connectivity index (χ0n) is 17.5. The monoisotopic (exact) mass is 432 g/mol. The molecule has 0 bridgehead atoms. The predicted octanol–water partition coefficient (Wildman–Crippen LogP) is 1.26. The molecule has 0 saturated carbocycles. The molecule has 10 heteroatoms. The zero-order valence-corrected chi connectivity index (χ0v) is 18.3. The second kappa shape index (κ2) is 8.35. The summed E-state index contributed by atoms with van der Waals surface area (Å²) in [5.74, 6) is 0.521. The normalized spacial score (nSPS) is 18.6. The summed E-state index contributed by atoms with van der Waals surface area (Å²) in [5.41, 5.74) is 1.02. The molecule has 2 aliphatic rings. The summed E-state index contributed by atoms with van der Waals surface area (Å²) in [6, 6.07) is 3.31. The number of piperidine rings is 1. The van der Waals surface area contributed by atoms with Crippen LogP contribution in [0.1, 0.15) is 35.4 Å². The van der Waals surface area contributed by atoms with Gasteiger partial charge in [0.25, 0.3) is 5.91 Å². The highest BCUT2D eigenvalue weighted by atomic mass is 32.2. The third-order valence-corrected chi connectivity index (χ3v) is 8.06. The van der Waals surface area contributed by atoms with Crippen molar-refractivity contribution in [2.24, 2.45) is 7.05 Å². The number of carbonyl (C=O) groups is 1. The molecule has 9 nitrogen and oxygen atoms in total. The fourth-order valence-corrected chi connectivity index (χ4v) is 5.81. The van der Waals surface area contributed by atoms with Crippen LogP contribution in [0.3, 0.4) is 0 Å². The lowest BCUT2D eigenvalue weighted by Crippen LogP contribution is -2.49. The first-order valence-electron chi connectivity index (χ1n) is 10.4. The topological polar surface area (TPSA) is 91.6 Å². The smallest absolute Gasteiger partial charge is 0.270 e. The molecule has 2 aliphatic heterocycles. The van der Waals surface area contributed by atoms with E-state index in [1.54, 1.807) is 43.1 Å². The summed E-state index contributed by atoms with van der Waals surface area (Å²) in [7, 11) is -1.93. The van der Waals surface area contributed by atoms with Crippen molar-refractivity contribution in [3.8, 4) is 0 Å². The number of hydrogen-bond acceptors (Lipinski definition) is 6. The summed E-state index contributed by atoms with van der Waals surface area (Å²) in [6.07, 6.45) is 6.49. The first-order valence-corrected chi connectivity index (χ1v) is 11.8. The van der Waals surface area contributed by atoms with Crippen LogP contribution in [0.4, 0.5) is 5.95 Å². The van der Waals surface area contributed by atoms with Gasteiger partial charge in [0.05, 0.1) is 0 Å². The Morgan fingerprint density at radius 2 is 1.60 bits per heavy atom. The molecule has 0 N–H and O–H groups in total. The van der Waals surface area contributed by atoms with Crippen molar-refractivity contribution >= 4 is 21.9 Å². The molecule has 2 saturated heterocycles. The number of nitrogens with zero attached hydrogens (tertiary/aromatic N) is 6. The van der Waals surface area contributed by atoms with Gasteiger partial charge >= 0.3 is 0 Å². The Morgan fingerprint density at radius 3 is 2.23 bits per heavy atom. The maximum Gasteiger partial charge on any atom is 0.270 e. The maximum atomic E-state index is 13.4. The van der Waals surface area contributed by atoms with E-state index in [0.29, 0.717) is 43.5 Å². The molecule has 0 aliphatic carbocycles. The molecule has 1 amide bonds. The van der Waals surface area contributed by atoms with Crippen LogP contribution >= 0.6 is 0 Å². The SMILES string of the molecule is Cc1c(S(=O)(=O)N2CCN(c3ncccn3)CC2)cc(C(=O)N2CCCCC2)n1C. The van der Waals surface area contributed by atoms with E-state index in [1.807, 2.05) is 9.80 Å². The van der Waals surface area contributed by atoms with Crippen molar-refractivity contribution in [3.63, 3.8) is 0 Å². The molecule has 4 heterocycles. The van der Waals surface area contributed by atoms with Crippen LogP contribution in [-0.4, -0.2) is 77.3 Å². The van der Waals surface area contributed by atoms with E-state index in [-0.39, 0.29) is 10.8 Å². The van der Waals surface area contributed by atoms with E-state index in [4.69, 9.17) is 0 Å². The molecule has 2 aromatic rings. The minimum atomic E-state index is -3.69. The van der Waals surface area contributed by atoms with Gasteiger partial charge in [0, 0.05) is 64.4 Å². The molecule has 4 rings (SSSR count). The Balaban J connectivity index is 1.52. The van der Waals surface area contributed by atoms with Gasteiger partial charge in [0.15, 0.2) is 0 Å². The van der Waals surface area contributed by atoms with Crippen molar-refractivity contribution < 1.29 is 13.2 Å². The number of carbonyl (C=O) groups excluding carboxylic acids is 1. The predicted molar refractivity (Wildman–Crippen MR) is 113 cm³/mol. The average Bonchev–Trinajstić information content (AvgIpc) is 3.10. The van der Waals surface area contributed by atoms with Gasteiger partial charge in [-0.2, -0.15) is 4.31 Å². The highest BCUT2D eigenvalue weighted by Crippen LogP contribution is 2.26. The molecular formula is C20H28N6O3S. The van der Waals surface area contributed by atoms with E-state index >= 15 is 0 Å². The first kappa shape index (κ1) is 20.8. The Bertz CT molecular complexity index is 1010. The number of likely N-dealkylation sites (tertiary alicyclic amines) is 1. The first-order chi connectivity index (χ1) is 14.4. The minimum Gasteiger partial charge on any atom is -0.343 e. The van der Waals surface area contributed by atoms with E-state index in [0.717, 1.165) is 32.4 Å². The fraction of sp³-hybridized carbons (Fsp3) is 0.550. The number of anilines is 1. The van der Waals surface area contributed by atoms with Crippen LogP contribution < -0.4 is 4.90 Å². The Kier molecular flexibility index (Phi) is 5.79. The largest absolute Gasteiger partial charge is 0.343 e. The number of aromatic nitrogens is 3. The van der Waals surface area contributed by atoms with Gasteiger partial charge in [0.2, 0.25) is 16.0 Å². The van der Waals surface area contributed by atoms with Crippen LogP contribution in [0.2, 0.25) is 0 Å². The van der Waals surface area contributed by atoms with Crippen molar-refractivity contribution in [2.75, 3.05) is 44.2 Å². The van der Waals surface area contributed by atoms with Crippen LogP contribution in [0.25, 0.3) is 0 Å². The number of amides is 1. The molecule has 162 valence electrons. The van der Waals surface area contributed by atoms with Gasteiger partial charge in [-0.1, -0.05) is 0 Å². The van der Waals surface area contributed by atoms with Gasteiger partial charge in [-0.25, -0.2) is 18.4 Å². The maximum absolute atomic E-state index is 13.4. The second-order valence-electron chi connectivity index (χ2n) is 7.83. The summed E-state index contributed by atoms with van der Waals surface area (Å²) in [6.45, 7) is 4.97. The third kappa shape index (κ3) is 3.81. The van der Waals surface area contributed by atoms with E-state index < -0.39 is 10.0 Å². The second-order valence-corrected chi connectivity index (χ2v) is 9.74. The van der Waals surface area contributed by atoms with Gasteiger partial charge in [-0.05, 0) is 38.3 Å². The summed E-state index contributed by atoms with van der Waals surface area (Å²) < 4.78 is 29.9. The van der Waals surface area contributed by atoms with Crippen LogP contribution in [0.5, 0.6) is 0 Å². The van der Waals surface area contributed by atoms with E-state index in [9.17, 15) is 13.2 Å². The number of piperazine rings is 1. The molecule has 0 radical (unpaired) electrons. The lowest BCUT2D eigenvalue weighted by atomic mass is 10.1. The van der Waals surface area contributed by atoms with Gasteiger partial charge in [-0.3, -0.25) is 4.79 Å². The molecule has 2 fully saturated rings. The third-order valence-electron chi connectivity index (χ3n) is 6.04. The Labute approximate surface area is 177 Å². The molecular weight excluding hydrogens is 404 g/mol. The Morgan fingerprint density at radius 1 is 0.967 bits per heavy atom. The fourth-order valence-electron chi connectivity index (χ4n) is 4.12. The van der Waals surface area contributed by atoms with Crippen LogP contribution in [0, 0.1) is 6.92 Å². The summed E-state index contributed by atoms with van der Waals surface area (Å²) >= 11 is 0. The van der Waals surface area contributed by atoms with Gasteiger partial charge in [-0.15, -0.1) is 0 Å². The van der Waals surface area contributed by atoms with Crippen molar-refractivity contribution in [1.29, 1.82) is 0 Å². The molecule has 0 unspecified atom stereocenters. The van der Waals surface area contributed by atoms with Crippen molar-refractivity contribution in [2.45, 2.75) is 31.1 Å². The summed E-state index contributed by atoms with van der Waals surface area (Å²) in [5, 5.41) is 0. The number of hydrogen-bond donors (Lipinski definition) is 0. The van der Waals surface area contributed by atoms with Gasteiger partial charge in [0.1, 0.15) is 10.6 Å². The molecule has 0 aromatic carbocycles. The number of rotatable bonds is 4. The lowest BCUT2D eigenvalue weighted by molar-refractivity contribution is 0.0714. The van der Waals surface area contributed by atoms with E-state index in [2.05, 4.69) is 9.97 Å². The zero-order chi connectivity index (χ0) is 21.3. The number of sulfonamides is 1. The standard InChI is InChI=1S/C20H28N6O3S/c1-16-18(15-17(23(16)2)19(27)24-9-4-3-5-10-24)30(28,29)26-13-11-25(12-14-26)20-21-7-6-8-22-20/h6-8,15H,3-5,9-14H2,1-2H3. The molecule has 0 atom stereocenters. The van der Waals surface area contributed by atoms with Crippen molar-refractivity contribution in [3.05, 3.63) is 35.9 Å². The molecule has 0 spiro atoms. The van der Waals surface area contributed by atoms with Crippen LogP contribution in [0.15, 0.2) is 29.4 Å². The lowest BCUT2D eigenvalue weighted by Gasteiger charge is -2.33. The minimum absolute atomic E-state index is 0.0900. The molecule has 30 heavy (non-hydrogen) atoms. The molecule has 2 aromatic heterocycles. The highest BCUT2D eigenvalue weighted by Gasteiger charge is 2.33. The van der Waals surface area contributed by atoms with Gasteiger partial charge < -0.3 is 14.4 Å². The summed E-state index contributed by atoms with van der Waals surface area (Å²) in [4.78, 5) is 25.5.